The normalized spacial score (nSPS) is 13.8. The molecule has 1 fully saturated rings. The minimum absolute atomic E-state index is 0.483. The second-order valence-corrected chi connectivity index (χ2v) is 15.4. The van der Waals surface area contributed by atoms with Gasteiger partial charge in [-0.15, -0.1) is 0 Å². The van der Waals surface area contributed by atoms with Crippen LogP contribution in [0.4, 0.5) is 34.1 Å². The van der Waals surface area contributed by atoms with Crippen molar-refractivity contribution in [3.8, 4) is 0 Å². The van der Waals surface area contributed by atoms with E-state index in [4.69, 9.17) is 0 Å². The number of nitrogens with one attached hydrogen (secondary N) is 5. The molecule has 8 nitrogen and oxygen atoms in total. The van der Waals surface area contributed by atoms with Crippen molar-refractivity contribution in [1.29, 1.82) is 0 Å². The van der Waals surface area contributed by atoms with Gasteiger partial charge in [-0.3, -0.25) is 0 Å². The predicted molar refractivity (Wildman–Crippen MR) is 231 cm³/mol. The van der Waals surface area contributed by atoms with E-state index >= 15 is 0 Å². The Kier molecular flexibility index (Phi) is 24.3. The van der Waals surface area contributed by atoms with Crippen LogP contribution in [0.5, 0.6) is 0 Å². The summed E-state index contributed by atoms with van der Waals surface area (Å²) in [6, 6.07) is 0.483. The van der Waals surface area contributed by atoms with E-state index < -0.39 is 0 Å². The summed E-state index contributed by atoms with van der Waals surface area (Å²) < 4.78 is 0. The zero-order valence-corrected chi connectivity index (χ0v) is 35.4. The molecule has 0 radical (unpaired) electrons. The number of anilines is 6. The van der Waals surface area contributed by atoms with Crippen LogP contribution < -0.4 is 41.7 Å². The van der Waals surface area contributed by atoms with Gasteiger partial charge in [-0.05, 0) is 58.8 Å². The molecular weight excluding hydrogens is 629 g/mol. The fourth-order valence-electron chi connectivity index (χ4n) is 7.72. The van der Waals surface area contributed by atoms with Crippen LogP contribution in [0.3, 0.4) is 0 Å². The molecule has 0 aliphatic heterocycles. The third-order valence-corrected chi connectivity index (χ3v) is 10.9. The summed E-state index contributed by atoms with van der Waals surface area (Å²) in [6.07, 6.45) is 25.9. The van der Waals surface area contributed by atoms with Gasteiger partial charge in [0, 0.05) is 59.4 Å². The Bertz CT molecular complexity index is 1000. The van der Waals surface area contributed by atoms with Gasteiger partial charge < -0.3 is 25.8 Å². The molecule has 2 rings (SSSR count). The first-order chi connectivity index (χ1) is 24.9. The summed E-state index contributed by atoms with van der Waals surface area (Å²) in [4.78, 5) is 4.90. The van der Waals surface area contributed by atoms with Gasteiger partial charge >= 0.3 is 0 Å². The summed E-state index contributed by atoms with van der Waals surface area (Å²) >= 11 is 0. The molecule has 298 valence electrons. The molecular formula is C43H86N8. The number of unbranched alkanes of at least 4 members (excludes halogenated alkanes) is 11. The fraction of sp³-hybridized carbons (Fsp3) is 0.860. The van der Waals surface area contributed by atoms with Crippen LogP contribution in [-0.4, -0.2) is 59.4 Å². The highest BCUT2D eigenvalue weighted by atomic mass is 15.7. The zero-order chi connectivity index (χ0) is 37.3. The maximum absolute atomic E-state index is 4.20. The minimum atomic E-state index is 0.483. The lowest BCUT2D eigenvalue weighted by Gasteiger charge is -2.39. The van der Waals surface area contributed by atoms with Gasteiger partial charge in [0.1, 0.15) is 5.69 Å². The van der Waals surface area contributed by atoms with Crippen LogP contribution >= 0.6 is 0 Å². The highest BCUT2D eigenvalue weighted by molar-refractivity contribution is 6.08. The first kappa shape index (κ1) is 45.1. The Balaban J connectivity index is 2.63. The molecule has 51 heavy (non-hydrogen) atoms. The molecule has 0 amide bonds. The van der Waals surface area contributed by atoms with Crippen LogP contribution in [0.25, 0.3) is 0 Å². The molecule has 1 atom stereocenters. The van der Waals surface area contributed by atoms with Crippen LogP contribution in [0.1, 0.15) is 177 Å². The second-order valence-electron chi connectivity index (χ2n) is 15.4. The van der Waals surface area contributed by atoms with E-state index in [0.29, 0.717) is 12.0 Å². The zero-order valence-electron chi connectivity index (χ0n) is 35.4. The molecule has 0 heterocycles. The monoisotopic (exact) mass is 715 g/mol. The van der Waals surface area contributed by atoms with E-state index in [9.17, 15) is 0 Å². The third-order valence-electron chi connectivity index (χ3n) is 10.9. The highest BCUT2D eigenvalue weighted by Crippen LogP contribution is 2.54. The molecule has 1 aliphatic carbocycles. The van der Waals surface area contributed by atoms with Crippen molar-refractivity contribution in [2.45, 2.75) is 183 Å². The van der Waals surface area contributed by atoms with Crippen molar-refractivity contribution in [1.82, 2.24) is 10.9 Å². The maximum atomic E-state index is 4.20. The molecule has 0 bridgehead atoms. The van der Waals surface area contributed by atoms with Crippen molar-refractivity contribution in [3.05, 3.63) is 0 Å². The van der Waals surface area contributed by atoms with Gasteiger partial charge in [-0.1, -0.05) is 124 Å². The van der Waals surface area contributed by atoms with Crippen molar-refractivity contribution in [2.24, 2.45) is 5.92 Å². The van der Waals surface area contributed by atoms with Crippen LogP contribution in [0.15, 0.2) is 0 Å². The Morgan fingerprint density at radius 2 is 1.20 bits per heavy atom. The summed E-state index contributed by atoms with van der Waals surface area (Å²) in [6.45, 7) is 21.8. The molecule has 0 spiro atoms. The molecule has 0 aromatic heterocycles. The largest absolute Gasteiger partial charge is 0.382 e. The molecule has 1 aliphatic rings. The van der Waals surface area contributed by atoms with E-state index in [2.05, 4.69) is 104 Å². The lowest BCUT2D eigenvalue weighted by molar-refractivity contribution is 0.392. The lowest BCUT2D eigenvalue weighted by atomic mass is 10.00. The number of rotatable bonds is 32. The lowest BCUT2D eigenvalue weighted by Crippen LogP contribution is -2.51. The van der Waals surface area contributed by atoms with E-state index in [1.165, 1.54) is 156 Å². The summed E-state index contributed by atoms with van der Waals surface area (Å²) in [5.41, 5.74) is 15.5. The third kappa shape index (κ3) is 15.4. The summed E-state index contributed by atoms with van der Waals surface area (Å²) in [5, 5.41) is 14.5. The average Bonchev–Trinajstić information content (AvgIpc) is 3.65. The molecule has 1 aromatic rings. The number of hydrazine groups is 2. The SMILES string of the molecule is CCCCCCCCCCCCNN(NCC(CC)CCCC)c1c(NC2CCCC2)c(NCCCC)c(N(CC)CC)c(N(C)C)c1NCC. The van der Waals surface area contributed by atoms with Crippen LogP contribution in [-0.2, 0) is 0 Å². The number of hydrogen-bond donors (Lipinski definition) is 5. The first-order valence-corrected chi connectivity index (χ1v) is 22.1. The van der Waals surface area contributed by atoms with Gasteiger partial charge in [0.25, 0.3) is 0 Å². The van der Waals surface area contributed by atoms with Crippen molar-refractivity contribution in [3.63, 3.8) is 0 Å². The second kappa shape index (κ2) is 27.5. The molecule has 5 N–H and O–H groups in total. The Labute approximate surface area is 317 Å². The Morgan fingerprint density at radius 3 is 1.75 bits per heavy atom. The Morgan fingerprint density at radius 1 is 0.588 bits per heavy atom. The minimum Gasteiger partial charge on any atom is -0.382 e. The average molecular weight is 715 g/mol. The maximum Gasteiger partial charge on any atom is 0.121 e. The quantitative estimate of drug-likeness (QED) is 0.0373. The highest BCUT2D eigenvalue weighted by Gasteiger charge is 2.32. The van der Waals surface area contributed by atoms with Gasteiger partial charge in [-0.25, -0.2) is 16.0 Å². The standard InChI is InChI=1S/C43H86N8/c1-10-17-20-21-22-23-24-25-26-29-34-46-51(47-35-36(13-4)30-18-11-2)41-39(48-37-31-27-28-32-37)38(45-33-19-12-3)43(50(15-6)16-7)42(49(8)9)40(41)44-14-5/h36-37,44-48H,10-35H2,1-9H3. The predicted octanol–water partition coefficient (Wildman–Crippen LogP) is 11.5. The van der Waals surface area contributed by atoms with Gasteiger partial charge in [0.15, 0.2) is 0 Å². The smallest absolute Gasteiger partial charge is 0.121 e. The van der Waals surface area contributed by atoms with Gasteiger partial charge in [0.05, 0.1) is 28.4 Å². The Hall–Kier alpha value is -2.06. The molecule has 0 saturated heterocycles. The van der Waals surface area contributed by atoms with Crippen LogP contribution in [0.2, 0.25) is 0 Å². The molecule has 1 aromatic carbocycles. The number of nitrogens with zero attached hydrogens (tertiary/aromatic N) is 3. The van der Waals surface area contributed by atoms with E-state index in [1.807, 2.05) is 0 Å². The van der Waals surface area contributed by atoms with Gasteiger partial charge in [-0.2, -0.15) is 0 Å². The van der Waals surface area contributed by atoms with Crippen molar-refractivity contribution < 1.29 is 0 Å². The van der Waals surface area contributed by atoms with Crippen LogP contribution in [0, 0.1) is 5.92 Å². The van der Waals surface area contributed by atoms with Crippen molar-refractivity contribution >= 4 is 34.1 Å². The van der Waals surface area contributed by atoms with E-state index in [1.54, 1.807) is 0 Å². The topological polar surface area (TPSA) is 69.9 Å². The van der Waals surface area contributed by atoms with Crippen molar-refractivity contribution in [2.75, 3.05) is 84.2 Å². The fourth-order valence-corrected chi connectivity index (χ4v) is 7.72. The van der Waals surface area contributed by atoms with E-state index in [-0.39, 0.29) is 0 Å². The number of hydrogen-bond acceptors (Lipinski definition) is 8. The number of benzene rings is 1. The molecule has 8 heteroatoms. The first-order valence-electron chi connectivity index (χ1n) is 22.1. The summed E-state index contributed by atoms with van der Waals surface area (Å²) in [5.74, 6) is 0.644. The molecule has 1 saturated carbocycles. The molecule has 1 unspecified atom stereocenters. The van der Waals surface area contributed by atoms with Gasteiger partial charge in [0.2, 0.25) is 0 Å². The summed E-state index contributed by atoms with van der Waals surface area (Å²) in [7, 11) is 4.44. The van der Waals surface area contributed by atoms with E-state index in [0.717, 1.165) is 45.7 Å².